The largest absolute Gasteiger partial charge is 0.462 e. The van der Waals surface area contributed by atoms with Crippen LogP contribution >= 0.6 is 35.4 Å². The van der Waals surface area contributed by atoms with Crippen molar-refractivity contribution in [2.24, 2.45) is 0 Å². The SMILES string of the molecule is CCOC(=O)c1ccc(NC(=S)Nc2c(C)nn(Cc3ccc(Cl)c(Cl)c3)c2C)cc1. The van der Waals surface area contributed by atoms with Crippen molar-refractivity contribution in [3.63, 3.8) is 0 Å². The average molecular weight is 477 g/mol. The first-order valence-corrected chi connectivity index (χ1v) is 10.8. The number of halogens is 2. The van der Waals surface area contributed by atoms with E-state index in [0.717, 1.165) is 28.3 Å². The van der Waals surface area contributed by atoms with E-state index in [9.17, 15) is 4.79 Å². The smallest absolute Gasteiger partial charge is 0.338 e. The van der Waals surface area contributed by atoms with Crippen molar-refractivity contribution in [1.82, 2.24) is 9.78 Å². The fourth-order valence-corrected chi connectivity index (χ4v) is 3.56. The van der Waals surface area contributed by atoms with E-state index in [1.165, 1.54) is 0 Å². The quantitative estimate of drug-likeness (QED) is 0.344. The van der Waals surface area contributed by atoms with E-state index in [1.807, 2.05) is 30.7 Å². The fraction of sp³-hybridized carbons (Fsp3) is 0.227. The second-order valence-electron chi connectivity index (χ2n) is 6.83. The number of ether oxygens (including phenoxy) is 1. The zero-order chi connectivity index (χ0) is 22.5. The van der Waals surface area contributed by atoms with Crippen molar-refractivity contribution < 1.29 is 9.53 Å². The summed E-state index contributed by atoms with van der Waals surface area (Å²) in [6.45, 7) is 6.55. The maximum Gasteiger partial charge on any atom is 0.338 e. The molecule has 0 amide bonds. The average Bonchev–Trinajstić information content (AvgIpc) is 2.99. The second kappa shape index (κ2) is 10.1. The fourth-order valence-electron chi connectivity index (χ4n) is 3.02. The summed E-state index contributed by atoms with van der Waals surface area (Å²) in [6, 6.07) is 12.4. The maximum absolute atomic E-state index is 11.8. The molecule has 2 N–H and O–H groups in total. The van der Waals surface area contributed by atoms with Gasteiger partial charge in [-0.15, -0.1) is 0 Å². The Morgan fingerprint density at radius 3 is 2.45 bits per heavy atom. The highest BCUT2D eigenvalue weighted by molar-refractivity contribution is 7.80. The number of aromatic nitrogens is 2. The maximum atomic E-state index is 11.8. The summed E-state index contributed by atoms with van der Waals surface area (Å²) in [6.07, 6.45) is 0. The molecule has 2 aromatic carbocycles. The first-order valence-electron chi connectivity index (χ1n) is 9.61. The van der Waals surface area contributed by atoms with E-state index in [4.69, 9.17) is 40.2 Å². The van der Waals surface area contributed by atoms with Crippen LogP contribution in [0.5, 0.6) is 0 Å². The van der Waals surface area contributed by atoms with Crippen LogP contribution in [0.2, 0.25) is 10.0 Å². The predicted molar refractivity (Wildman–Crippen MR) is 130 cm³/mol. The van der Waals surface area contributed by atoms with Crippen LogP contribution in [-0.4, -0.2) is 27.5 Å². The van der Waals surface area contributed by atoms with Gasteiger partial charge >= 0.3 is 5.97 Å². The summed E-state index contributed by atoms with van der Waals surface area (Å²) in [5.41, 5.74) is 4.82. The van der Waals surface area contributed by atoms with Crippen LogP contribution in [0, 0.1) is 13.8 Å². The number of anilines is 2. The van der Waals surface area contributed by atoms with Crippen molar-refractivity contribution in [3.05, 3.63) is 75.0 Å². The lowest BCUT2D eigenvalue weighted by Crippen LogP contribution is -2.20. The minimum absolute atomic E-state index is 0.338. The van der Waals surface area contributed by atoms with Crippen LogP contribution < -0.4 is 10.6 Å². The van der Waals surface area contributed by atoms with Crippen LogP contribution in [0.3, 0.4) is 0 Å². The summed E-state index contributed by atoms with van der Waals surface area (Å²) in [5.74, 6) is -0.351. The molecular weight excluding hydrogens is 455 g/mol. The number of hydrogen-bond donors (Lipinski definition) is 2. The van der Waals surface area contributed by atoms with Gasteiger partial charge in [-0.05, 0) is 75.0 Å². The molecule has 9 heteroatoms. The Hall–Kier alpha value is -2.61. The van der Waals surface area contributed by atoms with Crippen LogP contribution in [0.25, 0.3) is 0 Å². The van der Waals surface area contributed by atoms with E-state index in [2.05, 4.69) is 15.7 Å². The Kier molecular flexibility index (Phi) is 7.54. The second-order valence-corrected chi connectivity index (χ2v) is 8.05. The third-order valence-electron chi connectivity index (χ3n) is 4.59. The van der Waals surface area contributed by atoms with Gasteiger partial charge in [0.1, 0.15) is 0 Å². The van der Waals surface area contributed by atoms with Gasteiger partial charge in [0.15, 0.2) is 5.11 Å². The van der Waals surface area contributed by atoms with Crippen molar-refractivity contribution in [2.45, 2.75) is 27.3 Å². The number of aryl methyl sites for hydroxylation is 1. The molecule has 0 aliphatic carbocycles. The standard InChI is InChI=1S/C22H22Cl2N4O2S/c1-4-30-21(29)16-6-8-17(9-7-16)25-22(31)26-20-13(2)27-28(14(20)3)12-15-5-10-18(23)19(24)11-15/h5-11H,4,12H2,1-3H3,(H2,25,26,31). The molecule has 0 bridgehead atoms. The third-order valence-corrected chi connectivity index (χ3v) is 5.53. The Morgan fingerprint density at radius 2 is 1.81 bits per heavy atom. The lowest BCUT2D eigenvalue weighted by atomic mass is 10.2. The summed E-state index contributed by atoms with van der Waals surface area (Å²) in [5, 5.41) is 12.4. The summed E-state index contributed by atoms with van der Waals surface area (Å²) < 4.78 is 6.87. The Bertz CT molecular complexity index is 1110. The van der Waals surface area contributed by atoms with Gasteiger partial charge in [0.2, 0.25) is 0 Å². The molecule has 0 radical (unpaired) electrons. The Morgan fingerprint density at radius 1 is 1.10 bits per heavy atom. The number of thiocarbonyl (C=S) groups is 1. The zero-order valence-corrected chi connectivity index (χ0v) is 19.7. The molecule has 0 saturated carbocycles. The first kappa shape index (κ1) is 23.1. The van der Waals surface area contributed by atoms with Crippen LogP contribution in [-0.2, 0) is 11.3 Å². The van der Waals surface area contributed by atoms with Crippen molar-refractivity contribution in [2.75, 3.05) is 17.2 Å². The van der Waals surface area contributed by atoms with E-state index < -0.39 is 0 Å². The van der Waals surface area contributed by atoms with E-state index in [-0.39, 0.29) is 5.97 Å². The number of carbonyl (C=O) groups is 1. The lowest BCUT2D eigenvalue weighted by Gasteiger charge is -2.12. The highest BCUT2D eigenvalue weighted by atomic mass is 35.5. The predicted octanol–water partition coefficient (Wildman–Crippen LogP) is 5.84. The van der Waals surface area contributed by atoms with Gasteiger partial charge in [0.25, 0.3) is 0 Å². The number of nitrogens with one attached hydrogen (secondary N) is 2. The van der Waals surface area contributed by atoms with Crippen LogP contribution in [0.1, 0.15) is 34.2 Å². The molecule has 3 rings (SSSR count). The normalized spacial score (nSPS) is 10.6. The summed E-state index contributed by atoms with van der Waals surface area (Å²) >= 11 is 17.6. The first-order chi connectivity index (χ1) is 14.8. The number of hydrogen-bond acceptors (Lipinski definition) is 4. The van der Waals surface area contributed by atoms with E-state index in [0.29, 0.717) is 33.9 Å². The lowest BCUT2D eigenvalue weighted by molar-refractivity contribution is 0.0526. The van der Waals surface area contributed by atoms with Gasteiger partial charge < -0.3 is 15.4 Å². The van der Waals surface area contributed by atoms with Crippen molar-refractivity contribution >= 4 is 57.9 Å². The van der Waals surface area contributed by atoms with Gasteiger partial charge in [-0.25, -0.2) is 4.79 Å². The molecular formula is C22H22Cl2N4O2S. The molecule has 0 atom stereocenters. The molecule has 0 aliphatic heterocycles. The van der Waals surface area contributed by atoms with Crippen LogP contribution in [0.4, 0.5) is 11.4 Å². The highest BCUT2D eigenvalue weighted by Gasteiger charge is 2.14. The Balaban J connectivity index is 1.67. The van der Waals surface area contributed by atoms with Crippen molar-refractivity contribution in [1.29, 1.82) is 0 Å². The minimum atomic E-state index is -0.351. The molecule has 1 heterocycles. The van der Waals surface area contributed by atoms with Crippen LogP contribution in [0.15, 0.2) is 42.5 Å². The van der Waals surface area contributed by atoms with Gasteiger partial charge in [-0.1, -0.05) is 29.3 Å². The Labute approximate surface area is 196 Å². The molecule has 0 unspecified atom stereocenters. The van der Waals surface area contributed by atoms with E-state index in [1.54, 1.807) is 37.3 Å². The highest BCUT2D eigenvalue weighted by Crippen LogP contribution is 2.25. The molecule has 6 nitrogen and oxygen atoms in total. The number of esters is 1. The van der Waals surface area contributed by atoms with E-state index >= 15 is 0 Å². The minimum Gasteiger partial charge on any atom is -0.462 e. The van der Waals surface area contributed by atoms with Gasteiger partial charge in [-0.3, -0.25) is 4.68 Å². The zero-order valence-electron chi connectivity index (χ0n) is 17.3. The molecule has 162 valence electrons. The molecule has 3 aromatic rings. The topological polar surface area (TPSA) is 68.2 Å². The van der Waals surface area contributed by atoms with Gasteiger partial charge in [0.05, 0.1) is 45.8 Å². The van der Waals surface area contributed by atoms with Gasteiger partial charge in [-0.2, -0.15) is 5.10 Å². The summed E-state index contributed by atoms with van der Waals surface area (Å²) in [4.78, 5) is 11.8. The number of carbonyl (C=O) groups excluding carboxylic acids is 1. The molecule has 31 heavy (non-hydrogen) atoms. The number of rotatable bonds is 6. The van der Waals surface area contributed by atoms with Gasteiger partial charge in [0, 0.05) is 5.69 Å². The number of nitrogens with zero attached hydrogens (tertiary/aromatic N) is 2. The molecule has 0 aliphatic rings. The number of benzene rings is 2. The molecule has 0 fully saturated rings. The van der Waals surface area contributed by atoms with Crippen molar-refractivity contribution in [3.8, 4) is 0 Å². The summed E-state index contributed by atoms with van der Waals surface area (Å²) in [7, 11) is 0. The molecule has 0 spiro atoms. The molecule has 1 aromatic heterocycles. The monoisotopic (exact) mass is 476 g/mol. The third kappa shape index (κ3) is 5.76. The molecule has 0 saturated heterocycles.